The molecule has 0 spiro atoms. The first kappa shape index (κ1) is 15.3. The van der Waals surface area contributed by atoms with Crippen LogP contribution in [0.1, 0.15) is 39.0 Å². The van der Waals surface area contributed by atoms with Crippen LogP contribution in [0.3, 0.4) is 0 Å². The minimum Gasteiger partial charge on any atom is -0.339 e. The van der Waals surface area contributed by atoms with Gasteiger partial charge in [0.1, 0.15) is 6.04 Å². The second-order valence-electron chi connectivity index (χ2n) is 6.65. The van der Waals surface area contributed by atoms with Crippen molar-refractivity contribution in [1.82, 2.24) is 14.7 Å². The summed E-state index contributed by atoms with van der Waals surface area (Å²) in [6.45, 7) is 4.93. The minimum atomic E-state index is -0.371. The summed E-state index contributed by atoms with van der Waals surface area (Å²) in [5.74, 6) is 0.593. The number of amides is 3. The third-order valence-corrected chi connectivity index (χ3v) is 5.29. The molecule has 1 unspecified atom stereocenters. The summed E-state index contributed by atoms with van der Waals surface area (Å²) in [7, 11) is 0. The van der Waals surface area contributed by atoms with Crippen LogP contribution in [0.5, 0.6) is 0 Å². The lowest BCUT2D eigenvalue weighted by Crippen LogP contribution is -2.56. The molecule has 22 heavy (non-hydrogen) atoms. The Kier molecular flexibility index (Phi) is 4.36. The lowest BCUT2D eigenvalue weighted by atomic mass is 9.84. The van der Waals surface area contributed by atoms with Gasteiger partial charge in [-0.25, -0.2) is 0 Å². The number of piperazine rings is 1. The summed E-state index contributed by atoms with van der Waals surface area (Å²) in [6.07, 6.45) is 4.61. The van der Waals surface area contributed by atoms with Gasteiger partial charge in [0, 0.05) is 45.1 Å². The second-order valence-corrected chi connectivity index (χ2v) is 6.65. The standard InChI is InChI=1S/C16H25N3O3/c1-12(19-7-3-6-14(19)20)15(21)17-8-10-18(11-9-17)16(22)13-4-2-5-13/h12-13H,2-11H2,1H3. The van der Waals surface area contributed by atoms with E-state index >= 15 is 0 Å². The summed E-state index contributed by atoms with van der Waals surface area (Å²) in [5, 5.41) is 0. The van der Waals surface area contributed by atoms with Gasteiger partial charge in [0.15, 0.2) is 0 Å². The smallest absolute Gasteiger partial charge is 0.245 e. The van der Waals surface area contributed by atoms with Gasteiger partial charge in [-0.05, 0) is 26.2 Å². The van der Waals surface area contributed by atoms with E-state index in [1.165, 1.54) is 0 Å². The molecule has 3 aliphatic rings. The molecule has 122 valence electrons. The fourth-order valence-corrected chi connectivity index (χ4v) is 3.54. The van der Waals surface area contributed by atoms with Crippen LogP contribution in [0, 0.1) is 5.92 Å². The van der Waals surface area contributed by atoms with Gasteiger partial charge in [0.05, 0.1) is 0 Å². The molecule has 2 saturated heterocycles. The predicted molar refractivity (Wildman–Crippen MR) is 80.9 cm³/mol. The second kappa shape index (κ2) is 6.26. The maximum Gasteiger partial charge on any atom is 0.245 e. The van der Waals surface area contributed by atoms with Crippen LogP contribution in [0.4, 0.5) is 0 Å². The van der Waals surface area contributed by atoms with Crippen LogP contribution in [0.15, 0.2) is 0 Å². The van der Waals surface area contributed by atoms with Gasteiger partial charge in [-0.2, -0.15) is 0 Å². The van der Waals surface area contributed by atoms with Gasteiger partial charge in [-0.15, -0.1) is 0 Å². The zero-order valence-electron chi connectivity index (χ0n) is 13.3. The molecular formula is C16H25N3O3. The van der Waals surface area contributed by atoms with Crippen molar-refractivity contribution in [2.75, 3.05) is 32.7 Å². The average molecular weight is 307 g/mol. The van der Waals surface area contributed by atoms with Crippen LogP contribution in [-0.2, 0) is 14.4 Å². The highest BCUT2D eigenvalue weighted by Crippen LogP contribution is 2.28. The lowest BCUT2D eigenvalue weighted by molar-refractivity contribution is -0.147. The van der Waals surface area contributed by atoms with Gasteiger partial charge in [0.2, 0.25) is 17.7 Å². The van der Waals surface area contributed by atoms with Crippen molar-refractivity contribution in [2.45, 2.75) is 45.1 Å². The predicted octanol–water partition coefficient (Wildman–Crippen LogP) is 0.468. The van der Waals surface area contributed by atoms with E-state index < -0.39 is 0 Å². The highest BCUT2D eigenvalue weighted by molar-refractivity contribution is 5.88. The number of hydrogen-bond acceptors (Lipinski definition) is 3. The maximum atomic E-state index is 12.5. The molecule has 0 bridgehead atoms. The number of carbonyl (C=O) groups is 3. The first-order valence-electron chi connectivity index (χ1n) is 8.45. The first-order chi connectivity index (χ1) is 10.6. The van der Waals surface area contributed by atoms with Crippen molar-refractivity contribution in [1.29, 1.82) is 0 Å². The van der Waals surface area contributed by atoms with Gasteiger partial charge in [-0.1, -0.05) is 6.42 Å². The number of rotatable bonds is 3. The number of likely N-dealkylation sites (tertiary alicyclic amines) is 1. The van der Waals surface area contributed by atoms with Crippen LogP contribution < -0.4 is 0 Å². The third kappa shape index (κ3) is 2.83. The van der Waals surface area contributed by atoms with Gasteiger partial charge < -0.3 is 14.7 Å². The Labute approximate surface area is 131 Å². The Bertz CT molecular complexity index is 467. The molecule has 0 N–H and O–H groups in total. The number of hydrogen-bond donors (Lipinski definition) is 0. The van der Waals surface area contributed by atoms with Crippen LogP contribution in [0.25, 0.3) is 0 Å². The van der Waals surface area contributed by atoms with Crippen molar-refractivity contribution in [3.63, 3.8) is 0 Å². The Morgan fingerprint density at radius 3 is 2.14 bits per heavy atom. The number of nitrogens with zero attached hydrogens (tertiary/aromatic N) is 3. The highest BCUT2D eigenvalue weighted by atomic mass is 16.2. The summed E-state index contributed by atoms with van der Waals surface area (Å²) in [4.78, 5) is 41.9. The van der Waals surface area contributed by atoms with Crippen LogP contribution in [-0.4, -0.2) is 71.2 Å². The van der Waals surface area contributed by atoms with E-state index in [2.05, 4.69) is 0 Å². The highest BCUT2D eigenvalue weighted by Gasteiger charge is 2.35. The van der Waals surface area contributed by atoms with Gasteiger partial charge >= 0.3 is 0 Å². The summed E-state index contributed by atoms with van der Waals surface area (Å²) >= 11 is 0. The van der Waals surface area contributed by atoms with Crippen LogP contribution >= 0.6 is 0 Å². The largest absolute Gasteiger partial charge is 0.339 e. The quantitative estimate of drug-likeness (QED) is 0.761. The first-order valence-corrected chi connectivity index (χ1v) is 8.45. The molecule has 0 aromatic rings. The van der Waals surface area contributed by atoms with Crippen molar-refractivity contribution < 1.29 is 14.4 Å². The molecule has 1 saturated carbocycles. The average Bonchev–Trinajstić information content (AvgIpc) is 2.90. The fourth-order valence-electron chi connectivity index (χ4n) is 3.54. The molecule has 6 heteroatoms. The molecule has 3 amide bonds. The maximum absolute atomic E-state index is 12.5. The topological polar surface area (TPSA) is 60.9 Å². The van der Waals surface area contributed by atoms with E-state index in [-0.39, 0.29) is 29.7 Å². The molecular weight excluding hydrogens is 282 g/mol. The van der Waals surface area contributed by atoms with Gasteiger partial charge in [-0.3, -0.25) is 14.4 Å². The summed E-state index contributed by atoms with van der Waals surface area (Å²) < 4.78 is 0. The van der Waals surface area contributed by atoms with E-state index in [1.807, 2.05) is 11.8 Å². The van der Waals surface area contributed by atoms with E-state index in [9.17, 15) is 14.4 Å². The third-order valence-electron chi connectivity index (χ3n) is 5.29. The fraction of sp³-hybridized carbons (Fsp3) is 0.812. The van der Waals surface area contributed by atoms with Crippen molar-refractivity contribution in [2.24, 2.45) is 5.92 Å². The number of carbonyl (C=O) groups excluding carboxylic acids is 3. The Morgan fingerprint density at radius 1 is 1.00 bits per heavy atom. The molecule has 1 atom stereocenters. The van der Waals surface area contributed by atoms with Crippen molar-refractivity contribution in [3.8, 4) is 0 Å². The molecule has 1 aliphatic carbocycles. The lowest BCUT2D eigenvalue weighted by Gasteiger charge is -2.39. The van der Waals surface area contributed by atoms with Crippen molar-refractivity contribution in [3.05, 3.63) is 0 Å². The SMILES string of the molecule is CC(C(=O)N1CCN(C(=O)C2CCC2)CC1)N1CCCC1=O. The van der Waals surface area contributed by atoms with E-state index in [0.29, 0.717) is 39.1 Å². The summed E-state index contributed by atoms with van der Waals surface area (Å²) in [5.41, 5.74) is 0. The van der Waals surface area contributed by atoms with E-state index in [4.69, 9.17) is 0 Å². The molecule has 2 heterocycles. The van der Waals surface area contributed by atoms with E-state index in [1.54, 1.807) is 9.80 Å². The molecule has 0 aromatic carbocycles. The zero-order chi connectivity index (χ0) is 15.7. The normalized spacial score (nSPS) is 24.4. The monoisotopic (exact) mass is 307 g/mol. The Balaban J connectivity index is 1.51. The Hall–Kier alpha value is -1.59. The molecule has 3 fully saturated rings. The molecule has 3 rings (SSSR count). The van der Waals surface area contributed by atoms with Crippen LogP contribution in [0.2, 0.25) is 0 Å². The Morgan fingerprint density at radius 2 is 1.64 bits per heavy atom. The molecule has 2 aliphatic heterocycles. The summed E-state index contributed by atoms with van der Waals surface area (Å²) in [6, 6.07) is -0.371. The zero-order valence-corrected chi connectivity index (χ0v) is 13.3. The van der Waals surface area contributed by atoms with Gasteiger partial charge in [0.25, 0.3) is 0 Å². The molecule has 6 nitrogen and oxygen atoms in total. The van der Waals surface area contributed by atoms with E-state index in [0.717, 1.165) is 25.7 Å². The molecule has 0 radical (unpaired) electrons. The molecule has 0 aromatic heterocycles. The minimum absolute atomic E-state index is 0.0194. The van der Waals surface area contributed by atoms with Crippen molar-refractivity contribution >= 4 is 17.7 Å².